The van der Waals surface area contributed by atoms with Gasteiger partial charge in [-0.15, -0.1) is 0 Å². The maximum atomic E-state index is 12.2. The summed E-state index contributed by atoms with van der Waals surface area (Å²) in [6.07, 6.45) is 0. The first-order chi connectivity index (χ1) is 10.1. The van der Waals surface area contributed by atoms with Crippen molar-refractivity contribution < 1.29 is 9.53 Å². The molecule has 0 spiro atoms. The van der Waals surface area contributed by atoms with Gasteiger partial charge in [0.25, 0.3) is 0 Å². The summed E-state index contributed by atoms with van der Waals surface area (Å²) >= 11 is 6.02. The van der Waals surface area contributed by atoms with E-state index in [9.17, 15) is 4.79 Å². The number of rotatable bonds is 5. The van der Waals surface area contributed by atoms with Gasteiger partial charge in [-0.1, -0.05) is 35.9 Å². The van der Waals surface area contributed by atoms with Gasteiger partial charge in [-0.05, 0) is 49.2 Å². The Morgan fingerprint density at radius 3 is 2.67 bits per heavy atom. The first-order valence-corrected chi connectivity index (χ1v) is 7.23. The Morgan fingerprint density at radius 1 is 1.24 bits per heavy atom. The minimum atomic E-state index is -0.578. The van der Waals surface area contributed by atoms with Crippen molar-refractivity contribution in [3.8, 4) is 0 Å². The summed E-state index contributed by atoms with van der Waals surface area (Å²) in [5, 5.41) is 3.81. The fourth-order valence-corrected chi connectivity index (χ4v) is 2.29. The van der Waals surface area contributed by atoms with Crippen molar-refractivity contribution in [2.75, 3.05) is 11.9 Å². The van der Waals surface area contributed by atoms with Crippen LogP contribution in [0, 0.1) is 6.92 Å². The molecular formula is C17H18ClNO2. The van der Waals surface area contributed by atoms with Crippen LogP contribution in [0.5, 0.6) is 0 Å². The lowest BCUT2D eigenvalue weighted by atomic mass is 10.1. The van der Waals surface area contributed by atoms with Crippen LogP contribution in [0.2, 0.25) is 5.02 Å². The normalized spacial score (nSPS) is 11.8. The fraction of sp³-hybridized carbons (Fsp3) is 0.235. The van der Waals surface area contributed by atoms with Crippen molar-refractivity contribution in [3.63, 3.8) is 0 Å². The van der Waals surface area contributed by atoms with E-state index in [0.29, 0.717) is 11.6 Å². The zero-order valence-corrected chi connectivity index (χ0v) is 12.9. The molecule has 1 N–H and O–H groups in total. The van der Waals surface area contributed by atoms with Crippen LogP contribution >= 0.6 is 11.6 Å². The lowest BCUT2D eigenvalue weighted by Crippen LogP contribution is -2.23. The summed E-state index contributed by atoms with van der Waals surface area (Å²) in [4.78, 5) is 12.2. The largest absolute Gasteiger partial charge is 0.464 e. The van der Waals surface area contributed by atoms with Gasteiger partial charge in [0.1, 0.15) is 0 Å². The van der Waals surface area contributed by atoms with Crippen molar-refractivity contribution in [2.24, 2.45) is 0 Å². The van der Waals surface area contributed by atoms with E-state index < -0.39 is 6.04 Å². The molecule has 0 bridgehead atoms. The van der Waals surface area contributed by atoms with Crippen molar-refractivity contribution >= 4 is 23.3 Å². The van der Waals surface area contributed by atoms with Gasteiger partial charge < -0.3 is 10.1 Å². The summed E-state index contributed by atoms with van der Waals surface area (Å²) in [6, 6.07) is 14.5. The van der Waals surface area contributed by atoms with E-state index in [1.54, 1.807) is 19.1 Å². The number of ether oxygens (including phenoxy) is 1. The molecule has 0 aliphatic heterocycles. The Balaban J connectivity index is 2.30. The second kappa shape index (κ2) is 7.14. The van der Waals surface area contributed by atoms with E-state index in [2.05, 4.69) is 5.32 Å². The lowest BCUT2D eigenvalue weighted by Gasteiger charge is -2.19. The summed E-state index contributed by atoms with van der Waals surface area (Å²) in [5.74, 6) is -0.318. The predicted octanol–water partition coefficient (Wildman–Crippen LogP) is 4.36. The second-order valence-corrected chi connectivity index (χ2v) is 5.19. The van der Waals surface area contributed by atoms with Crippen LogP contribution in [-0.4, -0.2) is 12.6 Å². The highest BCUT2D eigenvalue weighted by atomic mass is 35.5. The molecule has 0 aromatic heterocycles. The lowest BCUT2D eigenvalue weighted by molar-refractivity contribution is -0.144. The number of hydrogen-bond donors (Lipinski definition) is 1. The Bertz CT molecular complexity index is 628. The molecule has 3 nitrogen and oxygen atoms in total. The number of esters is 1. The number of halogens is 1. The average Bonchev–Trinajstić information content (AvgIpc) is 2.45. The zero-order chi connectivity index (χ0) is 15.2. The van der Waals surface area contributed by atoms with Gasteiger partial charge in [0.05, 0.1) is 6.61 Å². The van der Waals surface area contributed by atoms with Crippen LogP contribution in [0.15, 0.2) is 48.5 Å². The van der Waals surface area contributed by atoms with Crippen LogP contribution < -0.4 is 5.32 Å². The Hall–Kier alpha value is -2.00. The van der Waals surface area contributed by atoms with Gasteiger partial charge in [-0.25, -0.2) is 4.79 Å². The molecule has 0 fully saturated rings. The smallest absolute Gasteiger partial charge is 0.333 e. The van der Waals surface area contributed by atoms with Crippen LogP contribution in [0.1, 0.15) is 24.1 Å². The van der Waals surface area contributed by atoms with Crippen molar-refractivity contribution in [1.82, 2.24) is 0 Å². The first kappa shape index (κ1) is 15.4. The number of benzene rings is 2. The van der Waals surface area contributed by atoms with Crippen LogP contribution in [0.25, 0.3) is 0 Å². The number of carbonyl (C=O) groups is 1. The number of carbonyl (C=O) groups excluding carboxylic acids is 1. The summed E-state index contributed by atoms with van der Waals surface area (Å²) in [6.45, 7) is 4.13. The molecule has 0 saturated heterocycles. The number of anilines is 1. The van der Waals surface area contributed by atoms with Gasteiger partial charge in [0, 0.05) is 10.7 Å². The third-order valence-corrected chi connectivity index (χ3v) is 3.27. The van der Waals surface area contributed by atoms with Gasteiger partial charge >= 0.3 is 5.97 Å². The number of hydrogen-bond acceptors (Lipinski definition) is 3. The highest BCUT2D eigenvalue weighted by molar-refractivity contribution is 6.30. The van der Waals surface area contributed by atoms with E-state index in [-0.39, 0.29) is 5.97 Å². The van der Waals surface area contributed by atoms with E-state index in [4.69, 9.17) is 16.3 Å². The van der Waals surface area contributed by atoms with Gasteiger partial charge in [0.15, 0.2) is 6.04 Å². The SMILES string of the molecule is CCOC(=O)C(Nc1cccc(C)c1)c1cccc(Cl)c1. The minimum absolute atomic E-state index is 0.318. The van der Waals surface area contributed by atoms with Crippen molar-refractivity contribution in [1.29, 1.82) is 0 Å². The molecule has 21 heavy (non-hydrogen) atoms. The molecule has 0 saturated carbocycles. The summed E-state index contributed by atoms with van der Waals surface area (Å²) in [7, 11) is 0. The monoisotopic (exact) mass is 303 g/mol. The summed E-state index contributed by atoms with van der Waals surface area (Å²) in [5.41, 5.74) is 2.77. The van der Waals surface area contributed by atoms with Crippen molar-refractivity contribution in [3.05, 3.63) is 64.7 Å². The standard InChI is InChI=1S/C17H18ClNO2/c1-3-21-17(20)16(13-7-5-8-14(18)11-13)19-15-9-4-6-12(2)10-15/h4-11,16,19H,3H2,1-2H3. The molecule has 1 atom stereocenters. The minimum Gasteiger partial charge on any atom is -0.464 e. The molecule has 2 rings (SSSR count). The molecular weight excluding hydrogens is 286 g/mol. The zero-order valence-electron chi connectivity index (χ0n) is 12.1. The van der Waals surface area contributed by atoms with Crippen LogP contribution in [-0.2, 0) is 9.53 Å². The molecule has 1 unspecified atom stereocenters. The number of nitrogens with one attached hydrogen (secondary N) is 1. The topological polar surface area (TPSA) is 38.3 Å². The van der Waals surface area contributed by atoms with E-state index in [1.165, 1.54) is 0 Å². The molecule has 2 aromatic carbocycles. The third kappa shape index (κ3) is 4.23. The molecule has 110 valence electrons. The Morgan fingerprint density at radius 2 is 2.00 bits per heavy atom. The summed E-state index contributed by atoms with van der Waals surface area (Å²) < 4.78 is 5.16. The van der Waals surface area contributed by atoms with Gasteiger partial charge in [0.2, 0.25) is 0 Å². The third-order valence-electron chi connectivity index (χ3n) is 3.03. The van der Waals surface area contributed by atoms with E-state index in [0.717, 1.165) is 16.8 Å². The highest BCUT2D eigenvalue weighted by Gasteiger charge is 2.22. The highest BCUT2D eigenvalue weighted by Crippen LogP contribution is 2.24. The molecule has 0 aliphatic rings. The first-order valence-electron chi connectivity index (χ1n) is 6.85. The van der Waals surface area contributed by atoms with Crippen molar-refractivity contribution in [2.45, 2.75) is 19.9 Å². The maximum Gasteiger partial charge on any atom is 0.333 e. The van der Waals surface area contributed by atoms with E-state index in [1.807, 2.05) is 43.3 Å². The van der Waals surface area contributed by atoms with Gasteiger partial charge in [-0.3, -0.25) is 0 Å². The van der Waals surface area contributed by atoms with E-state index >= 15 is 0 Å². The maximum absolute atomic E-state index is 12.2. The second-order valence-electron chi connectivity index (χ2n) is 4.75. The van der Waals surface area contributed by atoms with Crippen LogP contribution in [0.4, 0.5) is 5.69 Å². The fourth-order valence-electron chi connectivity index (χ4n) is 2.09. The quantitative estimate of drug-likeness (QED) is 0.834. The molecule has 2 aromatic rings. The van der Waals surface area contributed by atoms with Gasteiger partial charge in [-0.2, -0.15) is 0 Å². The molecule has 4 heteroatoms. The molecule has 0 aliphatic carbocycles. The number of aryl methyl sites for hydroxylation is 1. The Kier molecular flexibility index (Phi) is 5.23. The van der Waals surface area contributed by atoms with Crippen LogP contribution in [0.3, 0.4) is 0 Å². The Labute approximate surface area is 129 Å². The predicted molar refractivity (Wildman–Crippen MR) is 85.6 cm³/mol. The molecule has 0 amide bonds. The molecule has 0 heterocycles. The molecule has 0 radical (unpaired) electrons. The average molecular weight is 304 g/mol.